The van der Waals surface area contributed by atoms with E-state index in [9.17, 15) is 9.50 Å². The van der Waals surface area contributed by atoms with E-state index in [0.29, 0.717) is 11.3 Å². The third-order valence-corrected chi connectivity index (χ3v) is 2.57. The van der Waals surface area contributed by atoms with Gasteiger partial charge in [0.2, 0.25) is 0 Å². The van der Waals surface area contributed by atoms with Crippen LogP contribution in [0.15, 0.2) is 42.5 Å². The summed E-state index contributed by atoms with van der Waals surface area (Å²) >= 11 is 0. The number of phenolic OH excluding ortho intramolecular Hbond substituents is 1. The molecule has 0 atom stereocenters. The van der Waals surface area contributed by atoms with Crippen LogP contribution >= 0.6 is 0 Å². The van der Waals surface area contributed by atoms with Crippen LogP contribution in [0.4, 0.5) is 4.39 Å². The fourth-order valence-electron chi connectivity index (χ4n) is 1.67. The van der Waals surface area contributed by atoms with E-state index >= 15 is 0 Å². The van der Waals surface area contributed by atoms with Crippen LogP contribution in [0.1, 0.15) is 11.1 Å². The zero-order valence-electron chi connectivity index (χ0n) is 10.8. The molecule has 3 nitrogen and oxygen atoms in total. The Kier molecular flexibility index (Phi) is 4.59. The van der Waals surface area contributed by atoms with Crippen molar-refractivity contribution in [3.63, 3.8) is 0 Å². The first-order chi connectivity index (χ1) is 9.69. The Labute approximate surface area is 116 Å². The second kappa shape index (κ2) is 6.60. The molecular weight excluding hydrogens is 257 g/mol. The summed E-state index contributed by atoms with van der Waals surface area (Å²) in [6, 6.07) is 10.8. The first kappa shape index (κ1) is 13.9. The third-order valence-electron chi connectivity index (χ3n) is 2.57. The molecule has 2 aromatic carbocycles. The fourth-order valence-corrected chi connectivity index (χ4v) is 1.67. The average molecular weight is 271 g/mol. The molecule has 0 bridgehead atoms. The van der Waals surface area contributed by atoms with Crippen LogP contribution in [-0.4, -0.2) is 11.7 Å². The number of rotatable bonds is 3. The van der Waals surface area contributed by atoms with E-state index in [1.165, 1.54) is 12.1 Å². The Morgan fingerprint density at radius 1 is 1.20 bits per heavy atom. The van der Waals surface area contributed by atoms with Gasteiger partial charge in [-0.05, 0) is 29.8 Å². The minimum absolute atomic E-state index is 0.161. The van der Waals surface area contributed by atoms with Gasteiger partial charge in [0.05, 0.1) is 12.1 Å². The monoisotopic (exact) mass is 271 g/mol. The Morgan fingerprint density at radius 2 is 2.05 bits per heavy atom. The van der Waals surface area contributed by atoms with Crippen LogP contribution in [0.5, 0.6) is 11.5 Å². The van der Waals surface area contributed by atoms with Crippen LogP contribution in [0.25, 0.3) is 0 Å². The Balaban J connectivity index is 2.17. The van der Waals surface area contributed by atoms with E-state index in [0.717, 1.165) is 5.56 Å². The second-order valence-electron chi connectivity index (χ2n) is 4.10. The van der Waals surface area contributed by atoms with Gasteiger partial charge in [-0.15, -0.1) is 0 Å². The first-order valence-corrected chi connectivity index (χ1v) is 6.08. The lowest BCUT2D eigenvalue weighted by atomic mass is 10.2. The Hall–Kier alpha value is -2.51. The summed E-state index contributed by atoms with van der Waals surface area (Å²) in [5.41, 5.74) is 6.69. The number of benzene rings is 2. The van der Waals surface area contributed by atoms with Gasteiger partial charge in [-0.1, -0.05) is 24.0 Å². The quantitative estimate of drug-likeness (QED) is 0.843. The zero-order chi connectivity index (χ0) is 14.4. The van der Waals surface area contributed by atoms with Gasteiger partial charge in [-0.25, -0.2) is 4.39 Å². The van der Waals surface area contributed by atoms with E-state index in [-0.39, 0.29) is 18.9 Å². The predicted molar refractivity (Wildman–Crippen MR) is 74.8 cm³/mol. The summed E-state index contributed by atoms with van der Waals surface area (Å²) in [6.07, 6.45) is 0. The molecule has 3 N–H and O–H groups in total. The Bertz CT molecular complexity index is 659. The number of hydrogen-bond acceptors (Lipinski definition) is 3. The smallest absolute Gasteiger partial charge is 0.138 e. The number of ether oxygens (including phenoxy) is 1. The van der Waals surface area contributed by atoms with Crippen molar-refractivity contribution in [3.8, 4) is 23.3 Å². The molecule has 0 aliphatic carbocycles. The first-order valence-electron chi connectivity index (χ1n) is 6.08. The molecule has 0 heterocycles. The summed E-state index contributed by atoms with van der Waals surface area (Å²) in [5.74, 6) is 5.66. The van der Waals surface area contributed by atoms with Crippen molar-refractivity contribution in [2.45, 2.75) is 6.61 Å². The summed E-state index contributed by atoms with van der Waals surface area (Å²) < 4.78 is 18.8. The highest BCUT2D eigenvalue weighted by Gasteiger charge is 2.04. The molecule has 20 heavy (non-hydrogen) atoms. The van der Waals surface area contributed by atoms with Crippen molar-refractivity contribution in [2.75, 3.05) is 6.54 Å². The zero-order valence-corrected chi connectivity index (χ0v) is 10.8. The van der Waals surface area contributed by atoms with E-state index in [1.807, 2.05) is 6.07 Å². The van der Waals surface area contributed by atoms with E-state index in [4.69, 9.17) is 10.5 Å². The molecule has 0 radical (unpaired) electrons. The van der Waals surface area contributed by atoms with E-state index < -0.39 is 5.82 Å². The van der Waals surface area contributed by atoms with Crippen LogP contribution in [-0.2, 0) is 6.61 Å². The van der Waals surface area contributed by atoms with Gasteiger partial charge in [0.1, 0.15) is 23.9 Å². The predicted octanol–water partition coefficient (Wildman–Crippen LogP) is 2.42. The molecule has 2 aromatic rings. The summed E-state index contributed by atoms with van der Waals surface area (Å²) in [4.78, 5) is 0. The molecule has 4 heteroatoms. The van der Waals surface area contributed by atoms with Crippen molar-refractivity contribution in [2.24, 2.45) is 5.73 Å². The number of nitrogens with two attached hydrogens (primary N) is 1. The lowest BCUT2D eigenvalue weighted by Crippen LogP contribution is -1.98. The van der Waals surface area contributed by atoms with Crippen LogP contribution in [0.2, 0.25) is 0 Å². The van der Waals surface area contributed by atoms with Crippen molar-refractivity contribution in [3.05, 3.63) is 59.4 Å². The topological polar surface area (TPSA) is 55.5 Å². The lowest BCUT2D eigenvalue weighted by molar-refractivity contribution is 0.303. The van der Waals surface area contributed by atoms with Crippen molar-refractivity contribution in [1.29, 1.82) is 0 Å². The van der Waals surface area contributed by atoms with Gasteiger partial charge in [-0.3, -0.25) is 0 Å². The molecule has 0 fully saturated rings. The molecule has 0 unspecified atom stereocenters. The molecule has 102 valence electrons. The van der Waals surface area contributed by atoms with Crippen molar-refractivity contribution < 1.29 is 14.2 Å². The second-order valence-corrected chi connectivity index (χ2v) is 4.10. The number of phenols is 1. The highest BCUT2D eigenvalue weighted by Crippen LogP contribution is 2.21. The van der Waals surface area contributed by atoms with E-state index in [2.05, 4.69) is 11.8 Å². The molecule has 2 rings (SSSR count). The number of halogens is 1. The maximum atomic E-state index is 13.3. The summed E-state index contributed by atoms with van der Waals surface area (Å²) in [6.45, 7) is 0.443. The van der Waals surface area contributed by atoms with Crippen LogP contribution in [0, 0.1) is 17.7 Å². The molecule has 0 aromatic heterocycles. The molecule has 0 aliphatic heterocycles. The third kappa shape index (κ3) is 3.74. The molecule has 0 spiro atoms. The molecule has 0 saturated carbocycles. The standard InChI is InChI=1S/C16H14FNO2/c17-14-7-6-13(4-2-8-18)16(10-14)20-11-12-3-1-5-15(19)9-12/h1,3,5-7,9-10,19H,8,11,18H2. The van der Waals surface area contributed by atoms with Crippen molar-refractivity contribution >= 4 is 0 Å². The minimum atomic E-state index is -0.394. The highest BCUT2D eigenvalue weighted by molar-refractivity contribution is 5.46. The van der Waals surface area contributed by atoms with Crippen molar-refractivity contribution in [1.82, 2.24) is 0 Å². The van der Waals surface area contributed by atoms with Crippen LogP contribution in [0.3, 0.4) is 0 Å². The summed E-state index contributed by atoms with van der Waals surface area (Å²) in [5, 5.41) is 9.37. The number of hydrogen-bond donors (Lipinski definition) is 2. The molecular formula is C16H14FNO2. The van der Waals surface area contributed by atoms with Gasteiger partial charge in [0, 0.05) is 6.07 Å². The number of aromatic hydroxyl groups is 1. The SMILES string of the molecule is NCC#Cc1ccc(F)cc1OCc1cccc(O)c1. The molecule has 0 saturated heterocycles. The molecule has 0 amide bonds. The highest BCUT2D eigenvalue weighted by atomic mass is 19.1. The van der Waals surface area contributed by atoms with Gasteiger partial charge in [0.15, 0.2) is 0 Å². The van der Waals surface area contributed by atoms with E-state index in [1.54, 1.807) is 24.3 Å². The van der Waals surface area contributed by atoms with Gasteiger partial charge in [0.25, 0.3) is 0 Å². The van der Waals surface area contributed by atoms with Gasteiger partial charge < -0.3 is 15.6 Å². The largest absolute Gasteiger partial charge is 0.508 e. The summed E-state index contributed by atoms with van der Waals surface area (Å²) in [7, 11) is 0. The van der Waals surface area contributed by atoms with Crippen LogP contribution < -0.4 is 10.5 Å². The normalized spacial score (nSPS) is 9.70. The Morgan fingerprint density at radius 3 is 2.80 bits per heavy atom. The molecule has 0 aliphatic rings. The van der Waals surface area contributed by atoms with Gasteiger partial charge in [-0.2, -0.15) is 0 Å². The fraction of sp³-hybridized carbons (Fsp3) is 0.125. The lowest BCUT2D eigenvalue weighted by Gasteiger charge is -2.09. The van der Waals surface area contributed by atoms with Gasteiger partial charge >= 0.3 is 0 Å². The maximum absolute atomic E-state index is 13.3. The maximum Gasteiger partial charge on any atom is 0.138 e. The average Bonchev–Trinajstić information content (AvgIpc) is 2.44. The minimum Gasteiger partial charge on any atom is -0.508 e.